The average Bonchev–Trinajstić information content (AvgIpc) is 2.95. The maximum atomic E-state index is 12.2. The third kappa shape index (κ3) is 2.98. The Morgan fingerprint density at radius 3 is 2.64 bits per heavy atom. The van der Waals surface area contributed by atoms with Gasteiger partial charge in [-0.2, -0.15) is 0 Å². The zero-order valence-electron chi connectivity index (χ0n) is 12.8. The van der Waals surface area contributed by atoms with E-state index in [4.69, 9.17) is 0 Å². The zero-order chi connectivity index (χ0) is 16.4. The summed E-state index contributed by atoms with van der Waals surface area (Å²) in [6.07, 6.45) is 0. The van der Waals surface area contributed by atoms with Crippen molar-refractivity contribution in [2.24, 2.45) is 14.1 Å². The molecule has 0 spiro atoms. The molecule has 2 heterocycles. The molecule has 118 valence electrons. The number of carbonyl (C=O) groups is 1. The first-order chi connectivity index (χ1) is 10.3. The number of nitrogens with zero attached hydrogens (tertiary/aromatic N) is 4. The van der Waals surface area contributed by atoms with E-state index >= 15 is 0 Å². The summed E-state index contributed by atoms with van der Waals surface area (Å²) in [5.74, 6) is -0.278. The first-order valence-corrected chi connectivity index (χ1v) is 7.46. The molecule has 0 aliphatic heterocycles. The minimum absolute atomic E-state index is 0.0247. The lowest BCUT2D eigenvalue weighted by atomic mass is 10.1. The highest BCUT2D eigenvalue weighted by Gasteiger charge is 2.16. The molecule has 0 aromatic carbocycles. The Morgan fingerprint density at radius 2 is 2.00 bits per heavy atom. The van der Waals surface area contributed by atoms with Crippen molar-refractivity contribution >= 4 is 17.4 Å². The molecule has 9 heteroatoms. The van der Waals surface area contributed by atoms with Crippen molar-refractivity contribution in [1.29, 1.82) is 0 Å². The molecule has 0 aliphatic rings. The maximum Gasteiger partial charge on any atom is 0.331 e. The van der Waals surface area contributed by atoms with Gasteiger partial charge in [0.2, 0.25) is 0 Å². The van der Waals surface area contributed by atoms with Gasteiger partial charge in [0.15, 0.2) is 0 Å². The van der Waals surface area contributed by atoms with Crippen molar-refractivity contribution in [2.75, 3.05) is 0 Å². The van der Waals surface area contributed by atoms with Gasteiger partial charge in [-0.05, 0) is 17.5 Å². The van der Waals surface area contributed by atoms with Crippen LogP contribution in [0.5, 0.6) is 0 Å². The van der Waals surface area contributed by atoms with Crippen LogP contribution in [-0.4, -0.2) is 24.6 Å². The summed E-state index contributed by atoms with van der Waals surface area (Å²) >= 11 is 1.22. The van der Waals surface area contributed by atoms with Crippen molar-refractivity contribution in [2.45, 2.75) is 26.3 Å². The number of nitrogens with one attached hydrogen (secondary N) is 1. The molecule has 0 bridgehead atoms. The summed E-state index contributed by atoms with van der Waals surface area (Å²) in [5.41, 5.74) is -0.199. The molecular formula is C13H17N5O3S. The SMILES string of the molecule is CC(C)c1nnsc1CNC(=O)c1cc(=O)n(C)c(=O)n1C. The van der Waals surface area contributed by atoms with Crippen LogP contribution in [0.4, 0.5) is 0 Å². The lowest BCUT2D eigenvalue weighted by Crippen LogP contribution is -2.41. The van der Waals surface area contributed by atoms with E-state index in [0.29, 0.717) is 0 Å². The van der Waals surface area contributed by atoms with Gasteiger partial charge in [0.25, 0.3) is 11.5 Å². The second kappa shape index (κ2) is 6.22. The predicted octanol–water partition coefficient (Wildman–Crippen LogP) is -0.0111. The van der Waals surface area contributed by atoms with Crippen molar-refractivity contribution in [3.63, 3.8) is 0 Å². The molecule has 2 rings (SSSR count). The first-order valence-electron chi connectivity index (χ1n) is 6.69. The molecule has 2 aromatic heterocycles. The van der Waals surface area contributed by atoms with Gasteiger partial charge < -0.3 is 5.32 Å². The standard InChI is InChI=1S/C13H17N5O3S/c1-7(2)11-9(22-16-15-11)6-14-12(20)8-5-10(19)18(4)13(21)17(8)3/h5,7H,6H2,1-4H3,(H,14,20). The molecule has 1 N–H and O–H groups in total. The van der Waals surface area contributed by atoms with Gasteiger partial charge in [-0.3, -0.25) is 18.7 Å². The van der Waals surface area contributed by atoms with Crippen molar-refractivity contribution < 1.29 is 4.79 Å². The average molecular weight is 323 g/mol. The Hall–Kier alpha value is -2.29. The van der Waals surface area contributed by atoms with E-state index in [2.05, 4.69) is 14.9 Å². The number of hydrogen-bond donors (Lipinski definition) is 1. The quantitative estimate of drug-likeness (QED) is 0.853. The fourth-order valence-electron chi connectivity index (χ4n) is 1.98. The normalized spacial score (nSPS) is 11.0. The highest BCUT2D eigenvalue weighted by Crippen LogP contribution is 2.19. The third-order valence-corrected chi connectivity index (χ3v) is 4.04. The summed E-state index contributed by atoms with van der Waals surface area (Å²) in [4.78, 5) is 36.5. The highest BCUT2D eigenvalue weighted by molar-refractivity contribution is 7.05. The summed E-state index contributed by atoms with van der Waals surface area (Å²) < 4.78 is 5.97. The number of amides is 1. The van der Waals surface area contributed by atoms with Crippen LogP contribution in [0.3, 0.4) is 0 Å². The van der Waals surface area contributed by atoms with Crippen LogP contribution in [-0.2, 0) is 20.6 Å². The molecule has 8 nitrogen and oxygen atoms in total. The molecule has 0 saturated carbocycles. The summed E-state index contributed by atoms with van der Waals surface area (Å²) in [7, 11) is 2.81. The largest absolute Gasteiger partial charge is 0.346 e. The maximum absolute atomic E-state index is 12.2. The molecule has 0 radical (unpaired) electrons. The van der Waals surface area contributed by atoms with Crippen LogP contribution < -0.4 is 16.6 Å². The minimum atomic E-state index is -0.542. The highest BCUT2D eigenvalue weighted by atomic mass is 32.1. The van der Waals surface area contributed by atoms with E-state index < -0.39 is 17.2 Å². The molecule has 22 heavy (non-hydrogen) atoms. The summed E-state index contributed by atoms with van der Waals surface area (Å²) in [5, 5.41) is 6.73. The Bertz CT molecular complexity index is 818. The van der Waals surface area contributed by atoms with Gasteiger partial charge >= 0.3 is 5.69 Å². The molecule has 1 amide bonds. The fourth-order valence-corrected chi connectivity index (χ4v) is 2.71. The van der Waals surface area contributed by atoms with E-state index in [1.165, 1.54) is 25.6 Å². The lowest BCUT2D eigenvalue weighted by Gasteiger charge is -2.10. The smallest absolute Gasteiger partial charge is 0.331 e. The second-order valence-corrected chi connectivity index (χ2v) is 6.03. The van der Waals surface area contributed by atoms with Gasteiger partial charge in [0.05, 0.1) is 17.1 Å². The van der Waals surface area contributed by atoms with Gasteiger partial charge in [-0.25, -0.2) is 4.79 Å². The van der Waals surface area contributed by atoms with Crippen LogP contribution in [0.15, 0.2) is 15.7 Å². The fraction of sp³-hybridized carbons (Fsp3) is 0.462. The van der Waals surface area contributed by atoms with E-state index in [1.54, 1.807) is 0 Å². The van der Waals surface area contributed by atoms with Gasteiger partial charge in [-0.15, -0.1) is 5.10 Å². The number of rotatable bonds is 4. The first kappa shape index (κ1) is 16.1. The number of aromatic nitrogens is 4. The van der Waals surface area contributed by atoms with Crippen LogP contribution in [0.25, 0.3) is 0 Å². The van der Waals surface area contributed by atoms with E-state index in [0.717, 1.165) is 25.8 Å². The molecule has 0 fully saturated rings. The Morgan fingerprint density at radius 1 is 1.32 bits per heavy atom. The van der Waals surface area contributed by atoms with Crippen LogP contribution in [0, 0.1) is 0 Å². The van der Waals surface area contributed by atoms with Crippen molar-refractivity contribution in [3.8, 4) is 0 Å². The Balaban J connectivity index is 2.22. The lowest BCUT2D eigenvalue weighted by molar-refractivity contribution is 0.0941. The molecule has 0 unspecified atom stereocenters. The number of carbonyl (C=O) groups excluding carboxylic acids is 1. The molecular weight excluding hydrogens is 306 g/mol. The minimum Gasteiger partial charge on any atom is -0.346 e. The molecule has 0 saturated heterocycles. The van der Waals surface area contributed by atoms with Gasteiger partial charge in [0.1, 0.15) is 5.69 Å². The summed E-state index contributed by atoms with van der Waals surface area (Å²) in [6.45, 7) is 4.24. The second-order valence-electron chi connectivity index (χ2n) is 5.19. The van der Waals surface area contributed by atoms with E-state index in [1.807, 2.05) is 13.8 Å². The van der Waals surface area contributed by atoms with Crippen LogP contribution in [0.1, 0.15) is 40.8 Å². The van der Waals surface area contributed by atoms with E-state index in [9.17, 15) is 14.4 Å². The van der Waals surface area contributed by atoms with Crippen LogP contribution >= 0.6 is 11.5 Å². The zero-order valence-corrected chi connectivity index (χ0v) is 13.6. The topological polar surface area (TPSA) is 98.9 Å². The molecule has 0 atom stereocenters. The van der Waals surface area contributed by atoms with Crippen molar-refractivity contribution in [3.05, 3.63) is 43.2 Å². The van der Waals surface area contributed by atoms with Gasteiger partial charge in [0, 0.05) is 20.2 Å². The Kier molecular flexibility index (Phi) is 4.55. The van der Waals surface area contributed by atoms with Crippen LogP contribution in [0.2, 0.25) is 0 Å². The van der Waals surface area contributed by atoms with E-state index in [-0.39, 0.29) is 18.2 Å². The third-order valence-electron chi connectivity index (χ3n) is 3.30. The monoisotopic (exact) mass is 323 g/mol. The Labute approximate surface area is 130 Å². The molecule has 0 aliphatic carbocycles. The summed E-state index contributed by atoms with van der Waals surface area (Å²) in [6, 6.07) is 1.14. The number of hydrogen-bond acceptors (Lipinski definition) is 6. The van der Waals surface area contributed by atoms with Crippen molar-refractivity contribution in [1.82, 2.24) is 24.0 Å². The van der Waals surface area contributed by atoms with Gasteiger partial charge in [-0.1, -0.05) is 18.3 Å². The predicted molar refractivity (Wildman–Crippen MR) is 82.1 cm³/mol. The molecule has 2 aromatic rings.